The molecule has 3 N–H and O–H groups in total. The number of nitrogens with one attached hydrogen (secondary N) is 2. The van der Waals surface area contributed by atoms with E-state index in [0.717, 1.165) is 5.69 Å². The quantitative estimate of drug-likeness (QED) is 0.778. The lowest BCUT2D eigenvalue weighted by atomic mass is 10.1. The summed E-state index contributed by atoms with van der Waals surface area (Å²) >= 11 is 5.57. The average molecular weight is 270 g/mol. The van der Waals surface area contributed by atoms with Crippen LogP contribution in [0.2, 0.25) is 5.02 Å². The summed E-state index contributed by atoms with van der Waals surface area (Å²) in [5.74, 6) is -0.526. The van der Waals surface area contributed by atoms with Crippen LogP contribution >= 0.6 is 11.6 Å². The van der Waals surface area contributed by atoms with Crippen LogP contribution in [-0.2, 0) is 6.54 Å². The molecule has 0 bridgehead atoms. The van der Waals surface area contributed by atoms with Gasteiger partial charge in [-0.3, -0.25) is 5.10 Å². The highest BCUT2D eigenvalue weighted by atomic mass is 35.5. The zero-order valence-corrected chi connectivity index (χ0v) is 10.3. The summed E-state index contributed by atoms with van der Waals surface area (Å²) in [4.78, 5) is 0. The number of aliphatic hydroxyl groups is 1. The van der Waals surface area contributed by atoms with Crippen molar-refractivity contribution in [1.82, 2.24) is 15.5 Å². The fourth-order valence-electron chi connectivity index (χ4n) is 1.56. The fourth-order valence-corrected chi connectivity index (χ4v) is 1.68. The van der Waals surface area contributed by atoms with E-state index in [-0.39, 0.29) is 5.02 Å². The summed E-state index contributed by atoms with van der Waals surface area (Å²) in [5, 5.41) is 19.6. The van der Waals surface area contributed by atoms with Gasteiger partial charge >= 0.3 is 0 Å². The molecular weight excluding hydrogens is 257 g/mol. The predicted octanol–water partition coefficient (Wildman–Crippen LogP) is 2.03. The standard InChI is InChI=1S/C12H13ClFN3O/c13-10-2-1-8(5-11(10)14)12(18)7-15-6-9-3-4-16-17-9/h1-5,12,15,18H,6-7H2,(H,16,17). The maximum absolute atomic E-state index is 13.2. The minimum atomic E-state index is -0.778. The van der Waals surface area contributed by atoms with Crippen LogP contribution in [0.25, 0.3) is 0 Å². The van der Waals surface area contributed by atoms with Gasteiger partial charge in [-0.15, -0.1) is 0 Å². The molecule has 0 saturated carbocycles. The molecule has 0 aliphatic carbocycles. The van der Waals surface area contributed by atoms with Crippen molar-refractivity contribution in [3.05, 3.63) is 52.6 Å². The first-order valence-electron chi connectivity index (χ1n) is 5.49. The summed E-state index contributed by atoms with van der Waals surface area (Å²) < 4.78 is 13.2. The predicted molar refractivity (Wildman–Crippen MR) is 66.7 cm³/mol. The molecule has 1 aromatic carbocycles. The van der Waals surface area contributed by atoms with Crippen LogP contribution in [0.1, 0.15) is 17.4 Å². The highest BCUT2D eigenvalue weighted by molar-refractivity contribution is 6.30. The zero-order valence-electron chi connectivity index (χ0n) is 9.53. The molecule has 96 valence electrons. The Bertz CT molecular complexity index is 504. The Kier molecular flexibility index (Phi) is 4.30. The van der Waals surface area contributed by atoms with Gasteiger partial charge in [-0.1, -0.05) is 17.7 Å². The van der Waals surface area contributed by atoms with E-state index in [1.54, 1.807) is 12.3 Å². The van der Waals surface area contributed by atoms with Crippen LogP contribution < -0.4 is 5.32 Å². The Balaban J connectivity index is 1.87. The first-order valence-corrected chi connectivity index (χ1v) is 5.86. The van der Waals surface area contributed by atoms with Gasteiger partial charge in [-0.05, 0) is 23.8 Å². The molecule has 2 rings (SSSR count). The van der Waals surface area contributed by atoms with E-state index < -0.39 is 11.9 Å². The maximum atomic E-state index is 13.2. The maximum Gasteiger partial charge on any atom is 0.142 e. The lowest BCUT2D eigenvalue weighted by Crippen LogP contribution is -2.21. The van der Waals surface area contributed by atoms with Crippen LogP contribution in [0.15, 0.2) is 30.5 Å². The van der Waals surface area contributed by atoms with Gasteiger partial charge in [0.15, 0.2) is 0 Å². The number of H-pyrrole nitrogens is 1. The van der Waals surface area contributed by atoms with Gasteiger partial charge in [-0.25, -0.2) is 4.39 Å². The second-order valence-corrected chi connectivity index (χ2v) is 4.31. The van der Waals surface area contributed by atoms with E-state index in [4.69, 9.17) is 11.6 Å². The number of aromatic nitrogens is 2. The largest absolute Gasteiger partial charge is 0.387 e. The molecule has 18 heavy (non-hydrogen) atoms. The molecule has 6 heteroatoms. The molecule has 0 aliphatic rings. The molecular formula is C12H13ClFN3O. The average Bonchev–Trinajstić information content (AvgIpc) is 2.85. The van der Waals surface area contributed by atoms with E-state index in [1.807, 2.05) is 6.07 Å². The Morgan fingerprint density at radius 1 is 1.44 bits per heavy atom. The van der Waals surface area contributed by atoms with Crippen molar-refractivity contribution in [2.75, 3.05) is 6.54 Å². The van der Waals surface area contributed by atoms with E-state index in [1.165, 1.54) is 12.1 Å². The topological polar surface area (TPSA) is 60.9 Å². The van der Waals surface area contributed by atoms with Crippen molar-refractivity contribution >= 4 is 11.6 Å². The van der Waals surface area contributed by atoms with Gasteiger partial charge in [0.05, 0.1) is 11.1 Å². The normalized spacial score (nSPS) is 12.6. The number of hydrogen-bond donors (Lipinski definition) is 3. The number of aliphatic hydroxyl groups excluding tert-OH is 1. The number of benzene rings is 1. The minimum absolute atomic E-state index is 0.0522. The van der Waals surface area contributed by atoms with Gasteiger partial charge in [0.2, 0.25) is 0 Å². The molecule has 0 amide bonds. The van der Waals surface area contributed by atoms with Crippen molar-refractivity contribution in [3.63, 3.8) is 0 Å². The van der Waals surface area contributed by atoms with E-state index in [0.29, 0.717) is 18.7 Å². The summed E-state index contributed by atoms with van der Waals surface area (Å²) in [5.41, 5.74) is 1.42. The third-order valence-electron chi connectivity index (χ3n) is 2.54. The van der Waals surface area contributed by atoms with E-state index in [9.17, 15) is 9.50 Å². The fraction of sp³-hybridized carbons (Fsp3) is 0.250. The zero-order chi connectivity index (χ0) is 13.0. The van der Waals surface area contributed by atoms with Crippen molar-refractivity contribution in [3.8, 4) is 0 Å². The second-order valence-electron chi connectivity index (χ2n) is 3.90. The van der Waals surface area contributed by atoms with Gasteiger partial charge < -0.3 is 10.4 Å². The van der Waals surface area contributed by atoms with E-state index in [2.05, 4.69) is 15.5 Å². The van der Waals surface area contributed by atoms with Gasteiger partial charge in [0.25, 0.3) is 0 Å². The number of hydrogen-bond acceptors (Lipinski definition) is 3. The van der Waals surface area contributed by atoms with E-state index >= 15 is 0 Å². The lowest BCUT2D eigenvalue weighted by molar-refractivity contribution is 0.174. The molecule has 0 spiro atoms. The van der Waals surface area contributed by atoms with Crippen LogP contribution in [-0.4, -0.2) is 21.8 Å². The number of nitrogens with zero attached hydrogens (tertiary/aromatic N) is 1. The molecule has 2 aromatic rings. The first-order chi connectivity index (χ1) is 8.66. The molecule has 1 atom stereocenters. The summed E-state index contributed by atoms with van der Waals surface area (Å²) in [7, 11) is 0. The monoisotopic (exact) mass is 269 g/mol. The highest BCUT2D eigenvalue weighted by Crippen LogP contribution is 2.19. The molecule has 1 unspecified atom stereocenters. The first kappa shape index (κ1) is 13.0. The van der Waals surface area contributed by atoms with Crippen molar-refractivity contribution < 1.29 is 9.50 Å². The third kappa shape index (κ3) is 3.29. The van der Waals surface area contributed by atoms with Crippen molar-refractivity contribution in [2.45, 2.75) is 12.6 Å². The summed E-state index contributed by atoms with van der Waals surface area (Å²) in [6.07, 6.45) is 0.877. The van der Waals surface area contributed by atoms with Gasteiger partial charge in [0.1, 0.15) is 5.82 Å². The van der Waals surface area contributed by atoms with Gasteiger partial charge in [0, 0.05) is 25.0 Å². The molecule has 4 nitrogen and oxygen atoms in total. The van der Waals surface area contributed by atoms with Crippen molar-refractivity contribution in [1.29, 1.82) is 0 Å². The summed E-state index contributed by atoms with van der Waals surface area (Å²) in [6, 6.07) is 6.12. The van der Waals surface area contributed by atoms with Crippen LogP contribution in [0, 0.1) is 5.82 Å². The Hall–Kier alpha value is -1.43. The molecule has 0 saturated heterocycles. The smallest absolute Gasteiger partial charge is 0.142 e. The molecule has 0 aliphatic heterocycles. The molecule has 0 fully saturated rings. The SMILES string of the molecule is OC(CNCc1ccn[nH]1)c1ccc(Cl)c(F)c1. The van der Waals surface area contributed by atoms with Crippen LogP contribution in [0.3, 0.4) is 0 Å². The molecule has 0 radical (unpaired) electrons. The summed E-state index contributed by atoms with van der Waals surface area (Å²) in [6.45, 7) is 0.882. The Labute approximate surface area is 109 Å². The number of rotatable bonds is 5. The Morgan fingerprint density at radius 3 is 2.94 bits per heavy atom. The third-order valence-corrected chi connectivity index (χ3v) is 2.85. The Morgan fingerprint density at radius 2 is 2.28 bits per heavy atom. The van der Waals surface area contributed by atoms with Crippen LogP contribution in [0.5, 0.6) is 0 Å². The minimum Gasteiger partial charge on any atom is -0.387 e. The molecule has 1 aromatic heterocycles. The molecule has 1 heterocycles. The lowest BCUT2D eigenvalue weighted by Gasteiger charge is -2.12. The second kappa shape index (κ2) is 5.95. The van der Waals surface area contributed by atoms with Gasteiger partial charge in [-0.2, -0.15) is 5.10 Å². The number of aromatic amines is 1. The van der Waals surface area contributed by atoms with Crippen LogP contribution in [0.4, 0.5) is 4.39 Å². The highest BCUT2D eigenvalue weighted by Gasteiger charge is 2.09. The number of halogens is 2. The van der Waals surface area contributed by atoms with Crippen molar-refractivity contribution in [2.24, 2.45) is 0 Å².